The fourth-order valence-corrected chi connectivity index (χ4v) is 3.24. The van der Waals surface area contributed by atoms with Gasteiger partial charge in [0.2, 0.25) is 5.78 Å². The van der Waals surface area contributed by atoms with Crippen LogP contribution in [0.15, 0.2) is 71.2 Å². The van der Waals surface area contributed by atoms with Gasteiger partial charge in [-0.1, -0.05) is 40.2 Å². The van der Waals surface area contributed by atoms with Crippen molar-refractivity contribution in [3.63, 3.8) is 0 Å². The summed E-state index contributed by atoms with van der Waals surface area (Å²) in [4.78, 5) is 20.5. The smallest absolute Gasteiger partial charge is 0.227 e. The number of carbonyl (C=O) groups is 1. The molecule has 0 unspecified atom stereocenters. The molecular weight excluding hydrogens is 406 g/mol. The van der Waals surface area contributed by atoms with E-state index in [1.807, 2.05) is 54.6 Å². The summed E-state index contributed by atoms with van der Waals surface area (Å²) in [5, 5.41) is 4.20. The molecule has 0 atom stereocenters. The predicted octanol–water partition coefficient (Wildman–Crippen LogP) is 5.31. The Hall–Kier alpha value is -3.12. The van der Waals surface area contributed by atoms with E-state index in [1.54, 1.807) is 19.2 Å². The van der Waals surface area contributed by atoms with Gasteiger partial charge in [-0.15, -0.1) is 0 Å². The lowest BCUT2D eigenvalue weighted by Gasteiger charge is -2.11. The topological polar surface area (TPSA) is 67.0 Å². The first kappa shape index (κ1) is 17.3. The number of anilines is 2. The fraction of sp³-hybridized carbons (Fsp3) is 0.0476. The molecule has 134 valence electrons. The quantitative estimate of drug-likeness (QED) is 0.428. The van der Waals surface area contributed by atoms with E-state index in [9.17, 15) is 4.79 Å². The molecule has 0 spiro atoms. The molecule has 0 fully saturated rings. The Morgan fingerprint density at radius 2 is 1.93 bits per heavy atom. The van der Waals surface area contributed by atoms with E-state index in [-0.39, 0.29) is 5.78 Å². The van der Waals surface area contributed by atoms with Crippen molar-refractivity contribution in [1.82, 2.24) is 9.97 Å². The highest BCUT2D eigenvalue weighted by atomic mass is 79.9. The van der Waals surface area contributed by atoms with E-state index in [1.165, 1.54) is 0 Å². The van der Waals surface area contributed by atoms with Gasteiger partial charge in [-0.05, 0) is 42.5 Å². The van der Waals surface area contributed by atoms with Crippen molar-refractivity contribution in [2.24, 2.45) is 0 Å². The molecule has 2 N–H and O–H groups in total. The normalized spacial score (nSPS) is 10.7. The number of hydrogen-bond donors (Lipinski definition) is 2. The first-order chi connectivity index (χ1) is 13.1. The molecule has 0 amide bonds. The molecule has 0 bridgehead atoms. The summed E-state index contributed by atoms with van der Waals surface area (Å²) in [5.41, 5.74) is 2.56. The highest BCUT2D eigenvalue weighted by Gasteiger charge is 2.14. The lowest BCUT2D eigenvalue weighted by atomic mass is 10.2. The van der Waals surface area contributed by atoms with Gasteiger partial charge in [-0.2, -0.15) is 0 Å². The van der Waals surface area contributed by atoms with Gasteiger partial charge in [0.05, 0.1) is 18.5 Å². The van der Waals surface area contributed by atoms with Crippen molar-refractivity contribution in [2.75, 3.05) is 12.4 Å². The lowest BCUT2D eigenvalue weighted by molar-refractivity contribution is 0.103. The average molecular weight is 422 g/mol. The third-order valence-electron chi connectivity index (χ3n) is 4.18. The number of fused-ring (bicyclic) bond motifs is 1. The molecule has 2 aromatic carbocycles. The van der Waals surface area contributed by atoms with Crippen molar-refractivity contribution < 1.29 is 9.53 Å². The van der Waals surface area contributed by atoms with Gasteiger partial charge in [-0.25, -0.2) is 4.98 Å². The summed E-state index contributed by atoms with van der Waals surface area (Å²) in [6.45, 7) is 0. The highest BCUT2D eigenvalue weighted by molar-refractivity contribution is 9.10. The van der Waals surface area contributed by atoms with Gasteiger partial charge >= 0.3 is 0 Å². The number of aromatic nitrogens is 2. The van der Waals surface area contributed by atoms with Crippen molar-refractivity contribution in [1.29, 1.82) is 0 Å². The average Bonchev–Trinajstić information content (AvgIpc) is 3.12. The van der Waals surface area contributed by atoms with Crippen molar-refractivity contribution in [3.8, 4) is 5.75 Å². The Bertz CT molecular complexity index is 1100. The maximum absolute atomic E-state index is 12.8. The largest absolute Gasteiger partial charge is 0.495 e. The standard InChI is InChI=1S/C21H16BrN3O2/c1-27-19-10-9-14(22)12-17(19)25-20-8-4-7-16(24-20)21(26)18-11-13-5-2-3-6-15(13)23-18/h2-12,23H,1H3,(H,24,25). The third-order valence-corrected chi connectivity index (χ3v) is 4.67. The maximum Gasteiger partial charge on any atom is 0.227 e. The zero-order chi connectivity index (χ0) is 18.8. The van der Waals surface area contributed by atoms with Crippen LogP contribution in [0.25, 0.3) is 10.9 Å². The zero-order valence-electron chi connectivity index (χ0n) is 14.5. The van der Waals surface area contributed by atoms with Crippen LogP contribution < -0.4 is 10.1 Å². The summed E-state index contributed by atoms with van der Waals surface area (Å²) in [5.74, 6) is 1.09. The highest BCUT2D eigenvalue weighted by Crippen LogP contribution is 2.30. The minimum Gasteiger partial charge on any atom is -0.495 e. The Morgan fingerprint density at radius 3 is 2.74 bits per heavy atom. The first-order valence-electron chi connectivity index (χ1n) is 8.34. The summed E-state index contributed by atoms with van der Waals surface area (Å²) >= 11 is 3.45. The van der Waals surface area contributed by atoms with Gasteiger partial charge in [0.15, 0.2) is 0 Å². The Morgan fingerprint density at radius 1 is 1.07 bits per heavy atom. The number of para-hydroxylation sites is 1. The van der Waals surface area contributed by atoms with Crippen molar-refractivity contribution in [2.45, 2.75) is 0 Å². The molecule has 0 aliphatic carbocycles. The number of halogens is 1. The maximum atomic E-state index is 12.8. The lowest BCUT2D eigenvalue weighted by Crippen LogP contribution is -2.06. The Kier molecular flexibility index (Phi) is 4.64. The van der Waals surface area contributed by atoms with Gasteiger partial charge < -0.3 is 15.0 Å². The van der Waals surface area contributed by atoms with E-state index >= 15 is 0 Å². The molecular formula is C21H16BrN3O2. The Labute approximate surface area is 164 Å². The van der Waals surface area contributed by atoms with Crippen LogP contribution in [0.4, 0.5) is 11.5 Å². The molecule has 27 heavy (non-hydrogen) atoms. The number of nitrogens with one attached hydrogen (secondary N) is 2. The first-order valence-corrected chi connectivity index (χ1v) is 9.13. The number of ketones is 1. The van der Waals surface area contributed by atoms with Crippen LogP contribution in [0.1, 0.15) is 16.2 Å². The number of H-pyrrole nitrogens is 1. The van der Waals surface area contributed by atoms with Crippen LogP contribution in [0.2, 0.25) is 0 Å². The summed E-state index contributed by atoms with van der Waals surface area (Å²) < 4.78 is 6.28. The van der Waals surface area contributed by atoms with Crippen molar-refractivity contribution in [3.05, 3.63) is 82.6 Å². The van der Waals surface area contributed by atoms with E-state index in [2.05, 4.69) is 31.2 Å². The van der Waals surface area contributed by atoms with Crippen molar-refractivity contribution >= 4 is 44.1 Å². The molecule has 0 aliphatic rings. The van der Waals surface area contributed by atoms with Gasteiger partial charge in [0, 0.05) is 15.4 Å². The minimum atomic E-state index is -0.156. The summed E-state index contributed by atoms with van der Waals surface area (Å²) in [6, 6.07) is 20.6. The second-order valence-electron chi connectivity index (χ2n) is 5.98. The molecule has 0 saturated heterocycles. The second-order valence-corrected chi connectivity index (χ2v) is 6.89. The van der Waals surface area contributed by atoms with E-state index in [4.69, 9.17) is 4.74 Å². The molecule has 0 saturated carbocycles. The molecule has 6 heteroatoms. The number of benzene rings is 2. The van der Waals surface area contributed by atoms with Crippen LogP contribution in [-0.4, -0.2) is 22.9 Å². The van der Waals surface area contributed by atoms with Gasteiger partial charge in [0.1, 0.15) is 17.3 Å². The van der Waals surface area contributed by atoms with Crippen LogP contribution >= 0.6 is 15.9 Å². The van der Waals surface area contributed by atoms with E-state index in [0.29, 0.717) is 23.0 Å². The number of aromatic amines is 1. The van der Waals surface area contributed by atoms with E-state index < -0.39 is 0 Å². The minimum absolute atomic E-state index is 0.156. The zero-order valence-corrected chi connectivity index (χ0v) is 16.1. The number of methoxy groups -OCH3 is 1. The molecule has 0 radical (unpaired) electrons. The van der Waals surface area contributed by atoms with Crippen LogP contribution in [0.5, 0.6) is 5.75 Å². The molecule has 4 aromatic rings. The van der Waals surface area contributed by atoms with Gasteiger partial charge in [0.25, 0.3) is 0 Å². The number of pyridine rings is 1. The number of rotatable bonds is 5. The van der Waals surface area contributed by atoms with Gasteiger partial charge in [-0.3, -0.25) is 4.79 Å². The third kappa shape index (κ3) is 3.57. The molecule has 4 rings (SSSR count). The fourth-order valence-electron chi connectivity index (χ4n) is 2.88. The SMILES string of the molecule is COc1ccc(Br)cc1Nc1cccc(C(=O)c2cc3ccccc3[nH]2)n1. The molecule has 2 aromatic heterocycles. The predicted molar refractivity (Wildman–Crippen MR) is 110 cm³/mol. The second kappa shape index (κ2) is 7.25. The molecule has 2 heterocycles. The number of hydrogen-bond acceptors (Lipinski definition) is 4. The summed E-state index contributed by atoms with van der Waals surface area (Å²) in [7, 11) is 1.61. The number of nitrogens with zero attached hydrogens (tertiary/aromatic N) is 1. The van der Waals surface area contributed by atoms with E-state index in [0.717, 1.165) is 21.1 Å². The van der Waals surface area contributed by atoms with Crippen LogP contribution in [-0.2, 0) is 0 Å². The van der Waals surface area contributed by atoms with Crippen LogP contribution in [0.3, 0.4) is 0 Å². The Balaban J connectivity index is 1.64. The summed E-state index contributed by atoms with van der Waals surface area (Å²) in [6.07, 6.45) is 0. The van der Waals surface area contributed by atoms with Crippen LogP contribution in [0, 0.1) is 0 Å². The molecule has 0 aliphatic heterocycles. The number of carbonyl (C=O) groups excluding carboxylic acids is 1. The number of ether oxygens (including phenoxy) is 1. The molecule has 5 nitrogen and oxygen atoms in total. The monoisotopic (exact) mass is 421 g/mol.